The number of carbonyl (C=O) groups excluding carboxylic acids is 1. The molecule has 0 aromatic heterocycles. The molecule has 2 aliphatic carbocycles. The van der Waals surface area contributed by atoms with E-state index in [1.54, 1.807) is 0 Å². The van der Waals surface area contributed by atoms with E-state index in [-0.39, 0.29) is 36.2 Å². The van der Waals surface area contributed by atoms with Crippen LogP contribution in [0.4, 0.5) is 0 Å². The lowest BCUT2D eigenvalue weighted by Gasteiger charge is -2.39. The molecule has 8 nitrogen and oxygen atoms in total. The van der Waals surface area contributed by atoms with E-state index in [1.165, 1.54) is 26.2 Å². The molecule has 3 heterocycles. The largest absolute Gasteiger partial charge is 0.458 e. The summed E-state index contributed by atoms with van der Waals surface area (Å²) >= 11 is 0. The van der Waals surface area contributed by atoms with E-state index in [4.69, 9.17) is 33.2 Å². The van der Waals surface area contributed by atoms with Crippen LogP contribution in [0.25, 0.3) is 0 Å². The molecule has 0 aromatic rings. The molecule has 5 rings (SSSR count). The second-order valence-corrected chi connectivity index (χ2v) is 11.8. The average molecular weight is 537 g/mol. The van der Waals surface area contributed by atoms with Crippen molar-refractivity contribution in [3.05, 3.63) is 12.2 Å². The maximum atomic E-state index is 11.8. The van der Waals surface area contributed by atoms with Gasteiger partial charge in [0.2, 0.25) is 0 Å². The van der Waals surface area contributed by atoms with Gasteiger partial charge in [0.25, 0.3) is 0 Å². The molecule has 216 valence electrons. The molecule has 1 spiro atoms. The van der Waals surface area contributed by atoms with Gasteiger partial charge in [0.15, 0.2) is 12.1 Å². The van der Waals surface area contributed by atoms with Crippen molar-refractivity contribution in [2.24, 2.45) is 5.92 Å². The van der Waals surface area contributed by atoms with E-state index < -0.39 is 5.79 Å². The van der Waals surface area contributed by atoms with Crippen molar-refractivity contribution in [3.63, 3.8) is 0 Å². The Hall–Kier alpha value is -1.03. The lowest BCUT2D eigenvalue weighted by atomic mass is 9.93. The number of unbranched alkanes of at least 4 members (excludes halogenated alkanes) is 2. The highest BCUT2D eigenvalue weighted by Gasteiger charge is 2.61. The Morgan fingerprint density at radius 2 is 1.84 bits per heavy atom. The Bertz CT molecular complexity index is 774. The van der Waals surface area contributed by atoms with Crippen molar-refractivity contribution in [1.29, 1.82) is 0 Å². The number of ether oxygens (including phenoxy) is 7. The van der Waals surface area contributed by atoms with Crippen LogP contribution in [0.5, 0.6) is 0 Å². The fourth-order valence-electron chi connectivity index (χ4n) is 7.16. The summed E-state index contributed by atoms with van der Waals surface area (Å²) in [6, 6.07) is 0. The smallest absolute Gasteiger partial charge is 0.303 e. The molecule has 38 heavy (non-hydrogen) atoms. The van der Waals surface area contributed by atoms with Gasteiger partial charge in [-0.15, -0.1) is 0 Å². The minimum atomic E-state index is -0.444. The fourth-order valence-corrected chi connectivity index (χ4v) is 7.16. The zero-order valence-electron chi connectivity index (χ0n) is 23.2. The minimum absolute atomic E-state index is 0.00529. The van der Waals surface area contributed by atoms with Crippen LogP contribution in [0.1, 0.15) is 96.8 Å². The van der Waals surface area contributed by atoms with Gasteiger partial charge < -0.3 is 33.2 Å². The fraction of sp³-hybridized carbons (Fsp3) is 0.900. The van der Waals surface area contributed by atoms with Crippen molar-refractivity contribution in [3.8, 4) is 0 Å². The zero-order chi connectivity index (χ0) is 26.3. The molecule has 2 saturated carbocycles. The van der Waals surface area contributed by atoms with Crippen LogP contribution in [-0.4, -0.2) is 75.0 Å². The third kappa shape index (κ3) is 7.38. The van der Waals surface area contributed by atoms with Crippen LogP contribution in [0, 0.1) is 5.92 Å². The maximum absolute atomic E-state index is 11.8. The molecule has 3 aliphatic heterocycles. The predicted octanol–water partition coefficient (Wildman–Crippen LogP) is 5.22. The van der Waals surface area contributed by atoms with Crippen molar-refractivity contribution in [1.82, 2.24) is 0 Å². The van der Waals surface area contributed by atoms with Gasteiger partial charge >= 0.3 is 5.97 Å². The van der Waals surface area contributed by atoms with E-state index in [9.17, 15) is 4.79 Å². The van der Waals surface area contributed by atoms with E-state index in [0.717, 1.165) is 83.8 Å². The minimum Gasteiger partial charge on any atom is -0.458 e. The zero-order valence-corrected chi connectivity index (χ0v) is 23.2. The van der Waals surface area contributed by atoms with E-state index in [2.05, 4.69) is 6.08 Å². The molecular weight excluding hydrogens is 488 g/mol. The number of hydrogen-bond donors (Lipinski definition) is 0. The first-order valence-corrected chi connectivity index (χ1v) is 15.2. The lowest BCUT2D eigenvalue weighted by molar-refractivity contribution is -0.193. The molecule has 0 N–H and O–H groups in total. The summed E-state index contributed by atoms with van der Waals surface area (Å²) in [5, 5.41) is 0. The highest BCUT2D eigenvalue weighted by molar-refractivity contribution is 5.66. The first kappa shape index (κ1) is 28.5. The van der Waals surface area contributed by atoms with E-state index in [1.807, 2.05) is 6.08 Å². The van der Waals surface area contributed by atoms with Gasteiger partial charge in [-0.1, -0.05) is 18.9 Å². The van der Waals surface area contributed by atoms with Crippen molar-refractivity contribution in [2.75, 3.05) is 33.0 Å². The maximum Gasteiger partial charge on any atom is 0.303 e. The number of fused-ring (bicyclic) bond motifs is 1. The van der Waals surface area contributed by atoms with E-state index in [0.29, 0.717) is 25.7 Å². The Kier molecular flexibility index (Phi) is 10.2. The van der Waals surface area contributed by atoms with E-state index >= 15 is 0 Å². The van der Waals surface area contributed by atoms with Crippen LogP contribution in [0.15, 0.2) is 12.2 Å². The molecule has 0 radical (unpaired) electrons. The first-order valence-electron chi connectivity index (χ1n) is 15.2. The Balaban J connectivity index is 1.11. The highest BCUT2D eigenvalue weighted by atomic mass is 16.7. The van der Waals surface area contributed by atoms with Gasteiger partial charge in [-0.25, -0.2) is 0 Å². The number of esters is 1. The molecule has 8 heteroatoms. The summed E-state index contributed by atoms with van der Waals surface area (Å²) < 4.78 is 42.4. The molecule has 0 aromatic carbocycles. The standard InChI is InChI=1S/C30H48O8/c1-23(31)37-25(10-3-2-5-16-33-28-12-4-6-17-34-28)13-14-26-27(11-8-18-32-26)38-29-15-7-9-24(29)21-30(22-29)35-19-20-36-30/h13-14,24-28H,2-12,15-22H2,1H3/t24-,25?,26+,27-,28?,29+/m1/s1. The monoisotopic (exact) mass is 536 g/mol. The van der Waals surface area contributed by atoms with Gasteiger partial charge in [-0.3, -0.25) is 4.79 Å². The first-order chi connectivity index (χ1) is 18.6. The number of rotatable bonds is 12. The third-order valence-corrected chi connectivity index (χ3v) is 8.94. The summed E-state index contributed by atoms with van der Waals surface area (Å²) in [4.78, 5) is 11.8. The highest BCUT2D eigenvalue weighted by Crippen LogP contribution is 2.57. The lowest BCUT2D eigenvalue weighted by Crippen LogP contribution is -2.45. The Morgan fingerprint density at radius 1 is 0.974 bits per heavy atom. The topological polar surface area (TPSA) is 81.7 Å². The van der Waals surface area contributed by atoms with Crippen LogP contribution in [0.2, 0.25) is 0 Å². The summed E-state index contributed by atoms with van der Waals surface area (Å²) in [5.41, 5.74) is -0.179. The van der Waals surface area contributed by atoms with Crippen LogP contribution >= 0.6 is 0 Å². The number of hydrogen-bond acceptors (Lipinski definition) is 8. The average Bonchev–Trinajstić information content (AvgIpc) is 3.60. The van der Waals surface area contributed by atoms with Crippen molar-refractivity contribution in [2.45, 2.75) is 133 Å². The van der Waals surface area contributed by atoms with Crippen molar-refractivity contribution < 1.29 is 38.0 Å². The molecule has 2 unspecified atom stereocenters. The molecule has 6 atom stereocenters. The summed E-state index contributed by atoms with van der Waals surface area (Å²) in [5.74, 6) is -0.217. The third-order valence-electron chi connectivity index (χ3n) is 8.94. The quantitative estimate of drug-likeness (QED) is 0.191. The van der Waals surface area contributed by atoms with Crippen LogP contribution in [-0.2, 0) is 38.0 Å². The van der Waals surface area contributed by atoms with Gasteiger partial charge in [0.1, 0.15) is 12.2 Å². The van der Waals surface area contributed by atoms with Crippen LogP contribution < -0.4 is 0 Å². The summed E-state index contributed by atoms with van der Waals surface area (Å²) in [6.45, 7) is 5.09. The molecule has 0 amide bonds. The molecule has 3 saturated heterocycles. The summed E-state index contributed by atoms with van der Waals surface area (Å²) in [6.07, 6.45) is 17.9. The molecule has 5 aliphatic rings. The Labute approximate surface area is 228 Å². The van der Waals surface area contributed by atoms with Crippen molar-refractivity contribution >= 4 is 5.97 Å². The van der Waals surface area contributed by atoms with Gasteiger partial charge in [-0.05, 0) is 76.2 Å². The second-order valence-electron chi connectivity index (χ2n) is 11.8. The SMILES string of the molecule is CC(=O)OC(C=C[C@@H]1OCCC[C@H]1O[C@]12CCC[C@@H]1CC1(C2)OCCO1)CCCCCOC1CCCCO1. The van der Waals surface area contributed by atoms with Gasteiger partial charge in [-0.2, -0.15) is 0 Å². The van der Waals surface area contributed by atoms with Gasteiger partial charge in [0, 0.05) is 39.6 Å². The second kappa shape index (κ2) is 13.6. The normalized spacial score (nSPS) is 35.6. The Morgan fingerprint density at radius 3 is 2.66 bits per heavy atom. The van der Waals surface area contributed by atoms with Crippen LogP contribution in [0.3, 0.4) is 0 Å². The predicted molar refractivity (Wildman–Crippen MR) is 140 cm³/mol. The summed E-state index contributed by atoms with van der Waals surface area (Å²) in [7, 11) is 0. The molecular formula is C30H48O8. The molecule has 0 bridgehead atoms. The molecule has 5 fully saturated rings. The number of carbonyl (C=O) groups is 1. The van der Waals surface area contributed by atoms with Gasteiger partial charge in [0.05, 0.1) is 24.9 Å².